The Kier molecular flexibility index (Phi) is 5.27. The lowest BCUT2D eigenvalue weighted by molar-refractivity contribution is 0.0950. The van der Waals surface area contributed by atoms with Crippen molar-refractivity contribution in [2.75, 3.05) is 12.4 Å². The van der Waals surface area contributed by atoms with Crippen LogP contribution in [0.5, 0.6) is 0 Å². The Morgan fingerprint density at radius 3 is 2.71 bits per heavy atom. The van der Waals surface area contributed by atoms with Gasteiger partial charge in [-0.15, -0.1) is 11.3 Å². The van der Waals surface area contributed by atoms with E-state index in [0.29, 0.717) is 12.1 Å². The minimum Gasteiger partial charge on any atom is -0.373 e. The highest BCUT2D eigenvalue weighted by atomic mass is 32.1. The molecule has 2 rings (SSSR count). The van der Waals surface area contributed by atoms with Gasteiger partial charge in [0.25, 0.3) is 5.91 Å². The molecule has 0 aliphatic rings. The fourth-order valence-electron chi connectivity index (χ4n) is 1.99. The van der Waals surface area contributed by atoms with Gasteiger partial charge >= 0.3 is 0 Å². The summed E-state index contributed by atoms with van der Waals surface area (Å²) in [5, 5.41) is 8.86. The summed E-state index contributed by atoms with van der Waals surface area (Å²) in [6, 6.07) is 3.62. The number of nitrogens with zero attached hydrogens (tertiary/aromatic N) is 2. The van der Waals surface area contributed by atoms with Gasteiger partial charge in [0.1, 0.15) is 5.82 Å². The third kappa shape index (κ3) is 4.26. The number of aromatic nitrogens is 2. The van der Waals surface area contributed by atoms with Crippen molar-refractivity contribution in [1.82, 2.24) is 15.3 Å². The first kappa shape index (κ1) is 15.4. The van der Waals surface area contributed by atoms with Crippen molar-refractivity contribution in [3.8, 4) is 0 Å². The number of hydrogen-bond donors (Lipinski definition) is 2. The lowest BCUT2D eigenvalue weighted by atomic mass is 10.1. The first-order valence-corrected chi connectivity index (χ1v) is 7.88. The lowest BCUT2D eigenvalue weighted by Gasteiger charge is -2.08. The summed E-state index contributed by atoms with van der Waals surface area (Å²) in [7, 11) is 1.80. The average Bonchev–Trinajstić information content (AvgIpc) is 2.90. The maximum atomic E-state index is 12.3. The van der Waals surface area contributed by atoms with E-state index < -0.39 is 0 Å². The van der Waals surface area contributed by atoms with E-state index in [0.717, 1.165) is 35.1 Å². The van der Waals surface area contributed by atoms with Crippen molar-refractivity contribution in [2.24, 2.45) is 0 Å². The van der Waals surface area contributed by atoms with Gasteiger partial charge in [0.05, 0.1) is 17.2 Å². The number of anilines is 1. The molecule has 112 valence electrons. The van der Waals surface area contributed by atoms with Crippen molar-refractivity contribution in [3.05, 3.63) is 39.5 Å². The van der Waals surface area contributed by atoms with Crippen molar-refractivity contribution in [1.29, 1.82) is 0 Å². The minimum atomic E-state index is -0.100. The van der Waals surface area contributed by atoms with Crippen LogP contribution in [0.3, 0.4) is 0 Å². The van der Waals surface area contributed by atoms with E-state index >= 15 is 0 Å². The summed E-state index contributed by atoms with van der Waals surface area (Å²) < 4.78 is 0. The Balaban J connectivity index is 2.08. The number of nitrogens with one attached hydrogen (secondary N) is 2. The van der Waals surface area contributed by atoms with Gasteiger partial charge < -0.3 is 10.6 Å². The Bertz CT molecular complexity index is 624. The number of aryl methyl sites for hydroxylation is 2. The SMILES string of the molecule is CCCc1cc(C(=O)NCc2csc(C)n2)cc(NC)n1. The Labute approximate surface area is 128 Å². The largest absolute Gasteiger partial charge is 0.373 e. The summed E-state index contributed by atoms with van der Waals surface area (Å²) in [5.41, 5.74) is 2.45. The molecule has 2 heterocycles. The molecule has 0 unspecified atom stereocenters. The van der Waals surface area contributed by atoms with Crippen LogP contribution in [-0.2, 0) is 13.0 Å². The van der Waals surface area contributed by atoms with Crippen molar-refractivity contribution >= 4 is 23.1 Å². The highest BCUT2D eigenvalue weighted by Crippen LogP contribution is 2.12. The van der Waals surface area contributed by atoms with E-state index in [4.69, 9.17) is 0 Å². The summed E-state index contributed by atoms with van der Waals surface area (Å²) in [4.78, 5) is 21.0. The van der Waals surface area contributed by atoms with Crippen LogP contribution in [0.2, 0.25) is 0 Å². The van der Waals surface area contributed by atoms with Crippen LogP contribution in [0.25, 0.3) is 0 Å². The van der Waals surface area contributed by atoms with Crippen LogP contribution in [0, 0.1) is 6.92 Å². The van der Waals surface area contributed by atoms with Crippen molar-refractivity contribution < 1.29 is 4.79 Å². The molecule has 0 aliphatic heterocycles. The molecule has 0 aliphatic carbocycles. The molecule has 21 heavy (non-hydrogen) atoms. The smallest absolute Gasteiger partial charge is 0.251 e. The highest BCUT2D eigenvalue weighted by molar-refractivity contribution is 7.09. The van der Waals surface area contributed by atoms with E-state index in [1.165, 1.54) is 0 Å². The second-order valence-corrected chi connectivity index (χ2v) is 5.84. The predicted molar refractivity (Wildman–Crippen MR) is 85.8 cm³/mol. The first-order valence-electron chi connectivity index (χ1n) is 7.00. The van der Waals surface area contributed by atoms with Crippen LogP contribution in [0.15, 0.2) is 17.5 Å². The molecule has 5 nitrogen and oxygen atoms in total. The molecule has 1 amide bonds. The van der Waals surface area contributed by atoms with Crippen LogP contribution in [0.4, 0.5) is 5.82 Å². The molecule has 2 N–H and O–H groups in total. The minimum absolute atomic E-state index is 0.100. The molecule has 0 atom stereocenters. The van der Waals surface area contributed by atoms with E-state index in [1.807, 2.05) is 18.4 Å². The summed E-state index contributed by atoms with van der Waals surface area (Å²) in [5.74, 6) is 0.618. The van der Waals surface area contributed by atoms with E-state index in [2.05, 4.69) is 27.5 Å². The molecular formula is C15H20N4OS. The quantitative estimate of drug-likeness (QED) is 0.861. The van der Waals surface area contributed by atoms with Gasteiger partial charge in [0, 0.05) is 23.7 Å². The lowest BCUT2D eigenvalue weighted by Crippen LogP contribution is -2.23. The monoisotopic (exact) mass is 304 g/mol. The standard InChI is InChI=1S/C15H20N4OS/c1-4-5-12-6-11(7-14(16-3)19-12)15(20)17-8-13-9-21-10(2)18-13/h6-7,9H,4-5,8H2,1-3H3,(H,16,19)(H,17,20). The topological polar surface area (TPSA) is 66.9 Å². The van der Waals surface area contributed by atoms with Crippen LogP contribution < -0.4 is 10.6 Å². The third-order valence-corrected chi connectivity index (χ3v) is 3.82. The first-order chi connectivity index (χ1) is 10.1. The van der Waals surface area contributed by atoms with Crippen molar-refractivity contribution in [2.45, 2.75) is 33.2 Å². The zero-order chi connectivity index (χ0) is 15.2. The number of carbonyl (C=O) groups excluding carboxylic acids is 1. The summed E-state index contributed by atoms with van der Waals surface area (Å²) in [6.45, 7) is 4.50. The number of carbonyl (C=O) groups is 1. The molecule has 2 aromatic heterocycles. The van der Waals surface area contributed by atoms with Crippen LogP contribution in [-0.4, -0.2) is 22.9 Å². The zero-order valence-electron chi connectivity index (χ0n) is 12.6. The number of hydrogen-bond acceptors (Lipinski definition) is 5. The van der Waals surface area contributed by atoms with Gasteiger partial charge in [-0.25, -0.2) is 9.97 Å². The Hall–Kier alpha value is -1.95. The van der Waals surface area contributed by atoms with Gasteiger partial charge in [0.2, 0.25) is 0 Å². The molecular weight excluding hydrogens is 284 g/mol. The number of pyridine rings is 1. The van der Waals surface area contributed by atoms with Gasteiger partial charge in [0.15, 0.2) is 0 Å². The van der Waals surface area contributed by atoms with E-state index in [9.17, 15) is 4.79 Å². The number of amides is 1. The van der Waals surface area contributed by atoms with Gasteiger partial charge in [-0.05, 0) is 25.5 Å². The Morgan fingerprint density at radius 2 is 2.10 bits per heavy atom. The van der Waals surface area contributed by atoms with Gasteiger partial charge in [-0.1, -0.05) is 13.3 Å². The average molecular weight is 304 g/mol. The van der Waals surface area contributed by atoms with Gasteiger partial charge in [-0.3, -0.25) is 4.79 Å². The second kappa shape index (κ2) is 7.17. The molecule has 0 aromatic carbocycles. The number of thiazole rings is 1. The third-order valence-electron chi connectivity index (χ3n) is 3.00. The molecule has 0 saturated carbocycles. The second-order valence-electron chi connectivity index (χ2n) is 4.77. The molecule has 0 bridgehead atoms. The highest BCUT2D eigenvalue weighted by Gasteiger charge is 2.10. The maximum absolute atomic E-state index is 12.3. The fraction of sp³-hybridized carbons (Fsp3) is 0.400. The van der Waals surface area contributed by atoms with E-state index in [1.54, 1.807) is 24.5 Å². The fourth-order valence-corrected chi connectivity index (χ4v) is 2.61. The van der Waals surface area contributed by atoms with Crippen LogP contribution in [0.1, 0.15) is 40.1 Å². The molecule has 6 heteroatoms. The molecule has 2 aromatic rings. The summed E-state index contributed by atoms with van der Waals surface area (Å²) >= 11 is 1.58. The van der Waals surface area contributed by atoms with E-state index in [-0.39, 0.29) is 5.91 Å². The molecule has 0 radical (unpaired) electrons. The Morgan fingerprint density at radius 1 is 1.29 bits per heavy atom. The summed E-state index contributed by atoms with van der Waals surface area (Å²) in [6.07, 6.45) is 1.86. The molecule has 0 spiro atoms. The van der Waals surface area contributed by atoms with Crippen molar-refractivity contribution in [3.63, 3.8) is 0 Å². The van der Waals surface area contributed by atoms with Gasteiger partial charge in [-0.2, -0.15) is 0 Å². The number of rotatable bonds is 6. The van der Waals surface area contributed by atoms with Crippen LogP contribution >= 0.6 is 11.3 Å². The zero-order valence-corrected chi connectivity index (χ0v) is 13.4. The molecule has 0 saturated heterocycles. The maximum Gasteiger partial charge on any atom is 0.251 e. The molecule has 0 fully saturated rings. The normalized spacial score (nSPS) is 10.4. The predicted octanol–water partition coefficient (Wildman–Crippen LogP) is 2.77.